The van der Waals surface area contributed by atoms with E-state index in [1.165, 1.54) is 22.0 Å². The molecule has 1 nitrogen and oxygen atoms in total. The van der Waals surface area contributed by atoms with E-state index in [-0.39, 0.29) is 10.7 Å². The predicted octanol–water partition coefficient (Wildman–Crippen LogP) is 7.39. The molecule has 1 N–H and O–H groups in total. The van der Waals surface area contributed by atoms with Gasteiger partial charge in [-0.1, -0.05) is 84.7 Å². The van der Waals surface area contributed by atoms with Crippen LogP contribution in [0.1, 0.15) is 86.7 Å². The first-order valence-corrected chi connectivity index (χ1v) is 12.0. The molecule has 2 aromatic rings. The molecule has 0 spiro atoms. The Balaban J connectivity index is 2.53. The van der Waals surface area contributed by atoms with Gasteiger partial charge in [0.1, 0.15) is 5.75 Å². The molecule has 3 heteroatoms. The SMILES string of the molecule is CCC(Pc1ccc(C)cc1C(C)S)c1cc(C)cc(C(C)(C)C(C)C)c1O. The number of hydrogen-bond acceptors (Lipinski definition) is 2. The van der Waals surface area contributed by atoms with E-state index >= 15 is 0 Å². The average Bonchev–Trinajstić information content (AvgIpc) is 2.62. The Labute approximate surface area is 179 Å². The Bertz CT molecular complexity index is 824. The number of phenolic OH excluding ortho intramolecular Hbond substituents is 1. The number of thiol groups is 1. The molecule has 0 fully saturated rings. The van der Waals surface area contributed by atoms with Crippen LogP contribution in [0.3, 0.4) is 0 Å². The molecule has 0 radical (unpaired) electrons. The third kappa shape index (κ3) is 4.95. The minimum absolute atomic E-state index is 0.0686. The lowest BCUT2D eigenvalue weighted by atomic mass is 9.73. The van der Waals surface area contributed by atoms with Crippen molar-refractivity contribution in [3.8, 4) is 5.75 Å². The molecule has 28 heavy (non-hydrogen) atoms. The summed E-state index contributed by atoms with van der Waals surface area (Å²) in [5.41, 5.74) is 6.24. The summed E-state index contributed by atoms with van der Waals surface area (Å²) < 4.78 is 0. The van der Waals surface area contributed by atoms with Gasteiger partial charge < -0.3 is 5.11 Å². The lowest BCUT2D eigenvalue weighted by molar-refractivity contribution is 0.350. The minimum atomic E-state index is -0.0686. The van der Waals surface area contributed by atoms with Crippen LogP contribution in [0.15, 0.2) is 30.3 Å². The van der Waals surface area contributed by atoms with Crippen LogP contribution in [0.5, 0.6) is 5.75 Å². The minimum Gasteiger partial charge on any atom is -0.507 e. The van der Waals surface area contributed by atoms with Gasteiger partial charge >= 0.3 is 0 Å². The normalized spacial score (nSPS) is 14.8. The van der Waals surface area contributed by atoms with Crippen LogP contribution < -0.4 is 5.30 Å². The summed E-state index contributed by atoms with van der Waals surface area (Å²) in [6.45, 7) is 17.6. The van der Waals surface area contributed by atoms with Crippen molar-refractivity contribution in [1.29, 1.82) is 0 Å². The standard InChI is InChI=1S/C25H37OPS/c1-9-22(27-23-11-10-16(4)12-19(23)18(6)28)20-13-17(5)14-21(24(20)26)25(7,8)15(2)3/h10-15,18,22,26-28H,9H2,1-8H3. The van der Waals surface area contributed by atoms with E-state index in [0.29, 0.717) is 25.9 Å². The maximum Gasteiger partial charge on any atom is 0.123 e. The van der Waals surface area contributed by atoms with Crippen LogP contribution in [-0.4, -0.2) is 5.11 Å². The van der Waals surface area contributed by atoms with Crippen LogP contribution in [-0.2, 0) is 5.41 Å². The van der Waals surface area contributed by atoms with Gasteiger partial charge in [0.25, 0.3) is 0 Å². The van der Waals surface area contributed by atoms with Crippen LogP contribution in [0.4, 0.5) is 0 Å². The van der Waals surface area contributed by atoms with E-state index in [4.69, 9.17) is 12.6 Å². The van der Waals surface area contributed by atoms with Gasteiger partial charge in [0, 0.05) is 22.0 Å². The first-order chi connectivity index (χ1) is 13.0. The van der Waals surface area contributed by atoms with E-state index in [1.807, 2.05) is 0 Å². The Morgan fingerprint density at radius 2 is 1.61 bits per heavy atom. The highest BCUT2D eigenvalue weighted by Gasteiger charge is 2.30. The molecule has 2 rings (SSSR count). The van der Waals surface area contributed by atoms with Crippen molar-refractivity contribution in [3.05, 3.63) is 58.1 Å². The first kappa shape index (κ1) is 23.3. The van der Waals surface area contributed by atoms with Gasteiger partial charge in [0.05, 0.1) is 0 Å². The molecule has 0 aliphatic heterocycles. The molecule has 154 valence electrons. The van der Waals surface area contributed by atoms with Crippen molar-refractivity contribution in [2.75, 3.05) is 0 Å². The summed E-state index contributed by atoms with van der Waals surface area (Å²) >= 11 is 4.71. The highest BCUT2D eigenvalue weighted by Crippen LogP contribution is 2.47. The molecule has 0 amide bonds. The van der Waals surface area contributed by atoms with E-state index < -0.39 is 0 Å². The summed E-state index contributed by atoms with van der Waals surface area (Å²) in [6, 6.07) is 11.1. The summed E-state index contributed by atoms with van der Waals surface area (Å²) in [6.07, 6.45) is 1.01. The lowest BCUT2D eigenvalue weighted by Gasteiger charge is -2.32. The second kappa shape index (κ2) is 9.23. The van der Waals surface area contributed by atoms with Gasteiger partial charge in [-0.3, -0.25) is 0 Å². The average molecular weight is 417 g/mol. The molecule has 0 heterocycles. The van der Waals surface area contributed by atoms with Crippen LogP contribution >= 0.6 is 21.2 Å². The van der Waals surface area contributed by atoms with Gasteiger partial charge in [0.2, 0.25) is 0 Å². The van der Waals surface area contributed by atoms with Gasteiger partial charge in [-0.05, 0) is 49.4 Å². The van der Waals surface area contributed by atoms with E-state index in [1.54, 1.807) is 0 Å². The van der Waals surface area contributed by atoms with Crippen molar-refractivity contribution >= 4 is 26.5 Å². The second-order valence-electron chi connectivity index (χ2n) is 9.00. The summed E-state index contributed by atoms with van der Waals surface area (Å²) in [4.78, 5) is 0. The van der Waals surface area contributed by atoms with Crippen LogP contribution in [0, 0.1) is 19.8 Å². The van der Waals surface area contributed by atoms with Crippen LogP contribution in [0.2, 0.25) is 0 Å². The van der Waals surface area contributed by atoms with Crippen molar-refractivity contribution in [1.82, 2.24) is 0 Å². The monoisotopic (exact) mass is 416 g/mol. The Kier molecular flexibility index (Phi) is 7.68. The number of aromatic hydroxyl groups is 1. The number of hydrogen-bond donors (Lipinski definition) is 2. The summed E-state index contributed by atoms with van der Waals surface area (Å²) in [5.74, 6) is 0.945. The van der Waals surface area contributed by atoms with Gasteiger partial charge in [0.15, 0.2) is 0 Å². The van der Waals surface area contributed by atoms with Gasteiger partial charge in [-0.15, -0.1) is 0 Å². The van der Waals surface area contributed by atoms with Crippen molar-refractivity contribution in [2.45, 2.75) is 78.1 Å². The highest BCUT2D eigenvalue weighted by molar-refractivity contribution is 7.80. The molecule has 3 atom stereocenters. The maximum atomic E-state index is 11.3. The van der Waals surface area contributed by atoms with Gasteiger partial charge in [-0.25, -0.2) is 0 Å². The van der Waals surface area contributed by atoms with Gasteiger partial charge in [-0.2, -0.15) is 12.6 Å². The first-order valence-electron chi connectivity index (χ1n) is 10.4. The molecule has 3 unspecified atom stereocenters. The van der Waals surface area contributed by atoms with E-state index in [9.17, 15) is 5.11 Å². The van der Waals surface area contributed by atoms with Crippen LogP contribution in [0.25, 0.3) is 0 Å². The maximum absolute atomic E-state index is 11.3. The Morgan fingerprint density at radius 1 is 1.00 bits per heavy atom. The number of aryl methyl sites for hydroxylation is 2. The smallest absolute Gasteiger partial charge is 0.123 e. The molecule has 0 aliphatic carbocycles. The highest BCUT2D eigenvalue weighted by atomic mass is 32.1. The Morgan fingerprint density at radius 3 is 2.14 bits per heavy atom. The Hall–Kier alpha value is -0.980. The zero-order chi connectivity index (χ0) is 21.2. The molecular formula is C25H37OPS. The van der Waals surface area contributed by atoms with E-state index in [2.05, 4.69) is 85.7 Å². The second-order valence-corrected chi connectivity index (χ2v) is 11.3. The fourth-order valence-electron chi connectivity index (χ4n) is 3.62. The summed E-state index contributed by atoms with van der Waals surface area (Å²) in [7, 11) is 0.619. The largest absolute Gasteiger partial charge is 0.507 e. The van der Waals surface area contributed by atoms with E-state index in [0.717, 1.165) is 17.5 Å². The zero-order valence-corrected chi connectivity index (χ0v) is 20.6. The third-order valence-corrected chi connectivity index (χ3v) is 8.30. The topological polar surface area (TPSA) is 20.2 Å². The molecule has 0 aromatic heterocycles. The predicted molar refractivity (Wildman–Crippen MR) is 130 cm³/mol. The third-order valence-electron chi connectivity index (χ3n) is 6.19. The van der Waals surface area contributed by atoms with Crippen molar-refractivity contribution in [3.63, 3.8) is 0 Å². The number of rotatable bonds is 7. The van der Waals surface area contributed by atoms with Crippen molar-refractivity contribution < 1.29 is 5.11 Å². The number of benzene rings is 2. The zero-order valence-electron chi connectivity index (χ0n) is 18.7. The fraction of sp³-hybridized carbons (Fsp3) is 0.520. The quantitative estimate of drug-likeness (QED) is 0.356. The lowest BCUT2D eigenvalue weighted by Crippen LogP contribution is -2.25. The molecule has 0 saturated carbocycles. The number of phenols is 1. The molecular weight excluding hydrogens is 379 g/mol. The molecule has 0 aliphatic rings. The molecule has 0 bridgehead atoms. The molecule has 0 saturated heterocycles. The summed E-state index contributed by atoms with van der Waals surface area (Å²) in [5, 5.41) is 12.9. The fourth-order valence-corrected chi connectivity index (χ4v) is 5.55. The van der Waals surface area contributed by atoms with Crippen molar-refractivity contribution in [2.24, 2.45) is 5.92 Å². The molecule has 2 aromatic carbocycles.